The largest absolute Gasteiger partial charge is 0.477 e. The number of aromatic carboxylic acids is 1. The maximum absolute atomic E-state index is 14.5. The van der Waals surface area contributed by atoms with Crippen LogP contribution in [0.1, 0.15) is 23.0 Å². The Bertz CT molecular complexity index is 1010. The molecule has 124 valence electrons. The summed E-state index contributed by atoms with van der Waals surface area (Å²) in [6, 6.07) is 2.60. The number of halogens is 2. The number of hydrogen-bond acceptors (Lipinski definition) is 4. The lowest BCUT2D eigenvalue weighted by molar-refractivity contribution is 0.0695. The molecule has 8 heteroatoms. The van der Waals surface area contributed by atoms with Gasteiger partial charge < -0.3 is 9.67 Å². The van der Waals surface area contributed by atoms with E-state index in [1.165, 1.54) is 23.6 Å². The van der Waals surface area contributed by atoms with Gasteiger partial charge in [-0.2, -0.15) is 0 Å². The van der Waals surface area contributed by atoms with Crippen molar-refractivity contribution in [2.45, 2.75) is 19.3 Å². The van der Waals surface area contributed by atoms with E-state index in [-0.39, 0.29) is 22.4 Å². The molecule has 0 fully saturated rings. The minimum Gasteiger partial charge on any atom is -0.477 e. The van der Waals surface area contributed by atoms with Gasteiger partial charge in [-0.1, -0.05) is 0 Å². The lowest BCUT2D eigenvalue weighted by Crippen LogP contribution is -2.19. The zero-order valence-electron chi connectivity index (χ0n) is 12.5. The summed E-state index contributed by atoms with van der Waals surface area (Å²) in [6.07, 6.45) is 1.28. The number of carboxylic acids is 1. The molecule has 0 spiro atoms. The number of rotatable bonds is 4. The summed E-state index contributed by atoms with van der Waals surface area (Å²) in [4.78, 5) is 27.8. The van der Waals surface area contributed by atoms with Crippen LogP contribution >= 0.6 is 22.9 Å². The Balaban J connectivity index is 2.33. The Hall–Kier alpha value is -2.25. The molecule has 3 aromatic rings. The molecular weight excluding hydrogens is 355 g/mol. The number of carbonyl (C=O) groups is 1. The van der Waals surface area contributed by atoms with Crippen molar-refractivity contribution in [1.82, 2.24) is 9.55 Å². The quantitative estimate of drug-likeness (QED) is 0.714. The first-order valence-corrected chi connectivity index (χ1v) is 8.48. The zero-order valence-corrected chi connectivity index (χ0v) is 14.1. The van der Waals surface area contributed by atoms with Crippen molar-refractivity contribution in [1.29, 1.82) is 0 Å². The Morgan fingerprint density at radius 3 is 2.79 bits per heavy atom. The number of aryl methyl sites for hydroxylation is 1. The van der Waals surface area contributed by atoms with Crippen molar-refractivity contribution < 1.29 is 14.3 Å². The Labute approximate surface area is 145 Å². The average molecular weight is 367 g/mol. The SMILES string of the molecule is CCn1cc(C(=O)O)c(=O)c2cc(F)c(-c3nc(CCl)cs3)cc21. The average Bonchev–Trinajstić information content (AvgIpc) is 3.03. The molecule has 2 heterocycles. The highest BCUT2D eigenvalue weighted by Gasteiger charge is 2.18. The molecule has 24 heavy (non-hydrogen) atoms. The van der Waals surface area contributed by atoms with Gasteiger partial charge in [-0.05, 0) is 19.1 Å². The topological polar surface area (TPSA) is 72.2 Å². The van der Waals surface area contributed by atoms with Gasteiger partial charge in [-0.15, -0.1) is 22.9 Å². The number of benzene rings is 1. The molecule has 0 unspecified atom stereocenters. The molecule has 0 radical (unpaired) electrons. The molecule has 1 aromatic carbocycles. The summed E-state index contributed by atoms with van der Waals surface area (Å²) < 4.78 is 16.1. The van der Waals surface area contributed by atoms with Crippen LogP contribution in [0.5, 0.6) is 0 Å². The molecular formula is C16H12ClFN2O3S. The van der Waals surface area contributed by atoms with E-state index in [0.29, 0.717) is 22.8 Å². The minimum absolute atomic E-state index is 0.0344. The number of nitrogens with zero attached hydrogens (tertiary/aromatic N) is 2. The second-order valence-corrected chi connectivity index (χ2v) is 6.22. The van der Waals surface area contributed by atoms with Crippen LogP contribution in [0.2, 0.25) is 0 Å². The van der Waals surface area contributed by atoms with E-state index in [2.05, 4.69) is 4.98 Å². The molecule has 0 aliphatic rings. The van der Waals surface area contributed by atoms with Gasteiger partial charge in [0.1, 0.15) is 16.4 Å². The first-order valence-electron chi connectivity index (χ1n) is 7.07. The van der Waals surface area contributed by atoms with Crippen molar-refractivity contribution in [3.05, 3.63) is 51.0 Å². The van der Waals surface area contributed by atoms with Gasteiger partial charge in [0.05, 0.1) is 17.1 Å². The maximum Gasteiger partial charge on any atom is 0.341 e. The van der Waals surface area contributed by atoms with Gasteiger partial charge in [0, 0.05) is 29.1 Å². The fourth-order valence-electron chi connectivity index (χ4n) is 2.48. The Kier molecular flexibility index (Phi) is 4.38. The number of thiazole rings is 1. The summed E-state index contributed by atoms with van der Waals surface area (Å²) in [5.74, 6) is -1.73. The molecule has 0 atom stereocenters. The number of fused-ring (bicyclic) bond motifs is 1. The van der Waals surface area contributed by atoms with Gasteiger partial charge in [0.2, 0.25) is 5.43 Å². The van der Waals surface area contributed by atoms with E-state index in [4.69, 9.17) is 16.7 Å². The van der Waals surface area contributed by atoms with Gasteiger partial charge in [0.25, 0.3) is 0 Å². The number of aromatic nitrogens is 2. The predicted octanol–water partition coefficient (Wildman–Crippen LogP) is 3.72. The molecule has 5 nitrogen and oxygen atoms in total. The highest BCUT2D eigenvalue weighted by atomic mass is 35.5. The summed E-state index contributed by atoms with van der Waals surface area (Å²) in [7, 11) is 0. The monoisotopic (exact) mass is 366 g/mol. The predicted molar refractivity (Wildman–Crippen MR) is 91.5 cm³/mol. The second-order valence-electron chi connectivity index (χ2n) is 5.09. The third kappa shape index (κ3) is 2.70. The summed E-state index contributed by atoms with van der Waals surface area (Å²) in [5, 5.41) is 11.4. The van der Waals surface area contributed by atoms with Crippen LogP contribution in [0.25, 0.3) is 21.5 Å². The first kappa shape index (κ1) is 16.6. The second kappa shape index (κ2) is 6.33. The summed E-state index contributed by atoms with van der Waals surface area (Å²) in [5.41, 5.74) is 0.286. The van der Waals surface area contributed by atoms with Gasteiger partial charge in [-0.25, -0.2) is 14.2 Å². The van der Waals surface area contributed by atoms with Crippen molar-refractivity contribution in [3.8, 4) is 10.6 Å². The van der Waals surface area contributed by atoms with Gasteiger partial charge in [0.15, 0.2) is 0 Å². The molecule has 1 N–H and O–H groups in total. The van der Waals surface area contributed by atoms with Gasteiger partial charge >= 0.3 is 5.97 Å². The number of carboxylic acid groups (broad SMARTS) is 1. The number of hydrogen-bond donors (Lipinski definition) is 1. The normalized spacial score (nSPS) is 11.1. The maximum atomic E-state index is 14.5. The van der Waals surface area contributed by atoms with E-state index < -0.39 is 17.2 Å². The molecule has 0 aliphatic carbocycles. The third-order valence-electron chi connectivity index (χ3n) is 3.66. The Morgan fingerprint density at radius 1 is 1.46 bits per heavy atom. The minimum atomic E-state index is -1.33. The van der Waals surface area contributed by atoms with Crippen molar-refractivity contribution >= 4 is 39.8 Å². The molecule has 0 saturated carbocycles. The molecule has 0 saturated heterocycles. The van der Waals surface area contributed by atoms with E-state index in [9.17, 15) is 14.0 Å². The van der Waals surface area contributed by atoms with Crippen LogP contribution in [0.3, 0.4) is 0 Å². The Morgan fingerprint density at radius 2 is 2.21 bits per heavy atom. The molecule has 3 rings (SSSR count). The fraction of sp³-hybridized carbons (Fsp3) is 0.188. The summed E-state index contributed by atoms with van der Waals surface area (Å²) in [6.45, 7) is 2.25. The molecule has 0 aliphatic heterocycles. The van der Waals surface area contributed by atoms with Crippen LogP contribution in [0.4, 0.5) is 4.39 Å². The van der Waals surface area contributed by atoms with Crippen molar-refractivity contribution in [2.75, 3.05) is 0 Å². The molecule has 0 amide bonds. The van der Waals surface area contributed by atoms with E-state index in [0.717, 1.165) is 6.07 Å². The van der Waals surface area contributed by atoms with E-state index in [1.54, 1.807) is 9.95 Å². The standard InChI is InChI=1S/C16H12ClFN2O3S/c1-2-20-6-11(16(22)23)14(21)10-3-12(18)9(4-13(10)20)15-19-8(5-17)7-24-15/h3-4,6-7H,2,5H2,1H3,(H,22,23). The van der Waals surface area contributed by atoms with Gasteiger partial charge in [-0.3, -0.25) is 4.79 Å². The first-order chi connectivity index (χ1) is 11.5. The van der Waals surface area contributed by atoms with E-state index >= 15 is 0 Å². The zero-order chi connectivity index (χ0) is 17.4. The van der Waals surface area contributed by atoms with Crippen LogP contribution < -0.4 is 5.43 Å². The van der Waals surface area contributed by atoms with Crippen molar-refractivity contribution in [2.24, 2.45) is 0 Å². The van der Waals surface area contributed by atoms with E-state index in [1.807, 2.05) is 6.92 Å². The lowest BCUT2D eigenvalue weighted by atomic mass is 10.1. The fourth-order valence-corrected chi connectivity index (χ4v) is 3.55. The molecule has 2 aromatic heterocycles. The van der Waals surface area contributed by atoms with Crippen LogP contribution in [0.15, 0.2) is 28.5 Å². The molecule has 0 bridgehead atoms. The lowest BCUT2D eigenvalue weighted by Gasteiger charge is -2.11. The summed E-state index contributed by atoms with van der Waals surface area (Å²) >= 11 is 6.99. The highest BCUT2D eigenvalue weighted by molar-refractivity contribution is 7.13. The van der Waals surface area contributed by atoms with Crippen molar-refractivity contribution in [3.63, 3.8) is 0 Å². The number of pyridine rings is 1. The third-order valence-corrected chi connectivity index (χ3v) is 4.86. The highest BCUT2D eigenvalue weighted by Crippen LogP contribution is 2.30. The van der Waals surface area contributed by atoms with Crippen LogP contribution in [-0.4, -0.2) is 20.6 Å². The number of alkyl halides is 1. The smallest absolute Gasteiger partial charge is 0.341 e. The van der Waals surface area contributed by atoms with Crippen LogP contribution in [0, 0.1) is 5.82 Å². The van der Waals surface area contributed by atoms with Crippen LogP contribution in [-0.2, 0) is 12.4 Å².